The highest BCUT2D eigenvalue weighted by Crippen LogP contribution is 2.41. The maximum Gasteiger partial charge on any atom is 0.254 e. The fourth-order valence-electron chi connectivity index (χ4n) is 6.35. The van der Waals surface area contributed by atoms with Crippen molar-refractivity contribution in [3.8, 4) is 0 Å². The molecule has 0 bridgehead atoms. The Hall–Kier alpha value is -2.55. The second kappa shape index (κ2) is 13.6. The van der Waals surface area contributed by atoms with Crippen LogP contribution in [0.3, 0.4) is 0 Å². The van der Waals surface area contributed by atoms with Crippen LogP contribution >= 0.6 is 23.4 Å². The predicted octanol–water partition coefficient (Wildman–Crippen LogP) is 5.75. The van der Waals surface area contributed by atoms with E-state index in [0.29, 0.717) is 22.1 Å². The van der Waals surface area contributed by atoms with Crippen LogP contribution in [-0.4, -0.2) is 62.6 Å². The highest BCUT2D eigenvalue weighted by Gasteiger charge is 2.50. The van der Waals surface area contributed by atoms with Crippen LogP contribution in [0.15, 0.2) is 48.5 Å². The number of amides is 3. The van der Waals surface area contributed by atoms with Gasteiger partial charge in [0.05, 0.1) is 11.9 Å². The summed E-state index contributed by atoms with van der Waals surface area (Å²) < 4.78 is -0.544. The first-order valence-electron chi connectivity index (χ1n) is 15.2. The Labute approximate surface area is 265 Å². The van der Waals surface area contributed by atoms with Crippen molar-refractivity contribution in [3.63, 3.8) is 0 Å². The molecule has 0 aromatic heterocycles. The Balaban J connectivity index is 1.52. The van der Waals surface area contributed by atoms with E-state index in [-0.39, 0.29) is 29.7 Å². The van der Waals surface area contributed by atoms with Crippen molar-refractivity contribution >= 4 is 41.1 Å². The minimum atomic E-state index is -1.56. The normalized spacial score (nSPS) is 23.3. The maximum atomic E-state index is 14.0. The number of thioether (sulfide) groups is 1. The van der Waals surface area contributed by atoms with Crippen molar-refractivity contribution in [2.45, 2.75) is 103 Å². The van der Waals surface area contributed by atoms with Crippen LogP contribution < -0.4 is 10.6 Å². The lowest BCUT2D eigenvalue weighted by Gasteiger charge is -2.38. The molecular formula is C34H46ClN3O4S. The number of aliphatic hydroxyl groups is 1. The zero-order chi connectivity index (χ0) is 31.5. The Morgan fingerprint density at radius 3 is 2.33 bits per heavy atom. The molecule has 2 aromatic rings. The summed E-state index contributed by atoms with van der Waals surface area (Å²) in [5.41, 5.74) is 2.10. The van der Waals surface area contributed by atoms with Crippen LogP contribution in [0.5, 0.6) is 0 Å². The molecule has 9 heteroatoms. The van der Waals surface area contributed by atoms with E-state index >= 15 is 0 Å². The number of nitrogens with one attached hydrogen (secondary N) is 2. The summed E-state index contributed by atoms with van der Waals surface area (Å²) in [5, 5.41) is 18.1. The van der Waals surface area contributed by atoms with Crippen LogP contribution in [0.25, 0.3) is 0 Å². The molecule has 7 nitrogen and oxygen atoms in total. The Kier molecular flexibility index (Phi) is 10.6. The number of rotatable bonds is 8. The second-order valence-corrected chi connectivity index (χ2v) is 15.6. The van der Waals surface area contributed by atoms with Gasteiger partial charge in [-0.05, 0) is 87.5 Å². The van der Waals surface area contributed by atoms with Crippen molar-refractivity contribution in [1.82, 2.24) is 15.5 Å². The second-order valence-electron chi connectivity index (χ2n) is 13.6. The predicted molar refractivity (Wildman–Crippen MR) is 174 cm³/mol. The van der Waals surface area contributed by atoms with Gasteiger partial charge in [0.1, 0.15) is 6.04 Å². The van der Waals surface area contributed by atoms with E-state index in [1.54, 1.807) is 25.1 Å². The summed E-state index contributed by atoms with van der Waals surface area (Å²) in [4.78, 5) is 42.6. The summed E-state index contributed by atoms with van der Waals surface area (Å²) in [6, 6.07) is 12.9. The van der Waals surface area contributed by atoms with Gasteiger partial charge in [-0.25, -0.2) is 0 Å². The number of benzene rings is 2. The molecule has 43 heavy (non-hydrogen) atoms. The average Bonchev–Trinajstić information content (AvgIpc) is 3.28. The molecule has 3 atom stereocenters. The van der Waals surface area contributed by atoms with Gasteiger partial charge in [0.2, 0.25) is 5.91 Å². The van der Waals surface area contributed by atoms with Gasteiger partial charge < -0.3 is 20.6 Å². The molecule has 4 rings (SSSR count). The monoisotopic (exact) mass is 627 g/mol. The van der Waals surface area contributed by atoms with Gasteiger partial charge in [0, 0.05) is 21.4 Å². The third kappa shape index (κ3) is 7.95. The Bertz CT molecular complexity index is 1300. The molecule has 1 aliphatic carbocycles. The van der Waals surface area contributed by atoms with E-state index in [9.17, 15) is 19.5 Å². The van der Waals surface area contributed by atoms with Crippen LogP contribution in [0.2, 0.25) is 5.02 Å². The quantitative estimate of drug-likeness (QED) is 0.346. The van der Waals surface area contributed by atoms with Crippen LogP contribution in [0, 0.1) is 18.3 Å². The van der Waals surface area contributed by atoms with Gasteiger partial charge >= 0.3 is 0 Å². The number of hydrogen-bond acceptors (Lipinski definition) is 5. The molecule has 0 spiro atoms. The van der Waals surface area contributed by atoms with Gasteiger partial charge in [0.15, 0.2) is 6.10 Å². The zero-order valence-electron chi connectivity index (χ0n) is 26.2. The fraction of sp³-hybridized carbons (Fsp3) is 0.559. The number of nitrogens with zero attached hydrogens (tertiary/aromatic N) is 1. The Morgan fingerprint density at radius 1 is 1.05 bits per heavy atom. The van der Waals surface area contributed by atoms with Gasteiger partial charge in [0.25, 0.3) is 11.8 Å². The number of hydrogen-bond donors (Lipinski definition) is 3. The first kappa shape index (κ1) is 33.3. The Morgan fingerprint density at radius 2 is 1.70 bits per heavy atom. The van der Waals surface area contributed by atoms with Crippen molar-refractivity contribution in [2.75, 3.05) is 5.88 Å². The molecule has 0 unspecified atom stereocenters. The number of halogens is 1. The van der Waals surface area contributed by atoms with E-state index in [0.717, 1.165) is 31.2 Å². The van der Waals surface area contributed by atoms with E-state index in [4.69, 9.17) is 11.6 Å². The fourth-order valence-corrected chi connectivity index (χ4v) is 7.66. The standard InChI is InChI=1S/C34H46ClN3O4S/c1-21-25(13-10-14-26(21)35)30(40)37-27(19-22-11-8-7-9-12-22)28(39)32(42)38-20-43-34(5,6)29(38)31(41)36-24-17-15-23(16-18-24)33(2,3)4/h7-14,23-24,27-29,39H,15-20H2,1-6H3,(H,36,41)(H,37,40)/t23?,24?,27-,28-,29+/m0/s1. The molecule has 234 valence electrons. The molecule has 0 radical (unpaired) electrons. The van der Waals surface area contributed by atoms with Gasteiger partial charge in [-0.2, -0.15) is 0 Å². The number of carbonyl (C=O) groups excluding carboxylic acids is 3. The van der Waals surface area contributed by atoms with Crippen molar-refractivity contribution in [3.05, 3.63) is 70.2 Å². The zero-order valence-corrected chi connectivity index (χ0v) is 27.7. The maximum absolute atomic E-state index is 14.0. The smallest absolute Gasteiger partial charge is 0.254 e. The lowest BCUT2D eigenvalue weighted by molar-refractivity contribution is -0.147. The van der Waals surface area contributed by atoms with Crippen molar-refractivity contribution < 1.29 is 19.5 Å². The van der Waals surface area contributed by atoms with Gasteiger partial charge in [-0.1, -0.05) is 68.8 Å². The third-order valence-corrected chi connectivity index (χ3v) is 10.9. The molecule has 3 N–H and O–H groups in total. The average molecular weight is 628 g/mol. The molecular weight excluding hydrogens is 582 g/mol. The highest BCUT2D eigenvalue weighted by atomic mass is 35.5. The summed E-state index contributed by atoms with van der Waals surface area (Å²) in [6.07, 6.45) is 2.63. The first-order valence-corrected chi connectivity index (χ1v) is 16.6. The van der Waals surface area contributed by atoms with E-state index in [1.165, 1.54) is 16.7 Å². The molecule has 2 aliphatic rings. The summed E-state index contributed by atoms with van der Waals surface area (Å²) >= 11 is 7.78. The SMILES string of the molecule is Cc1c(Cl)cccc1C(=O)N[C@@H](Cc1ccccc1)[C@H](O)C(=O)N1CSC(C)(C)[C@H]1C(=O)NC1CCC(C(C)(C)C)CC1. The van der Waals surface area contributed by atoms with E-state index in [1.807, 2.05) is 44.2 Å². The number of aliphatic hydroxyl groups excluding tert-OH is 1. The van der Waals surface area contributed by atoms with E-state index < -0.39 is 34.7 Å². The number of carbonyl (C=O) groups is 3. The lowest BCUT2D eigenvalue weighted by Crippen LogP contribution is -2.59. The largest absolute Gasteiger partial charge is 0.381 e. The molecule has 3 amide bonds. The molecule has 1 saturated heterocycles. The summed E-state index contributed by atoms with van der Waals surface area (Å²) in [5.74, 6) is -0.285. The topological polar surface area (TPSA) is 98.7 Å². The molecule has 2 aromatic carbocycles. The summed E-state index contributed by atoms with van der Waals surface area (Å²) in [6.45, 7) is 12.5. The van der Waals surface area contributed by atoms with Crippen molar-refractivity contribution in [1.29, 1.82) is 0 Å². The third-order valence-electron chi connectivity index (χ3n) is 9.14. The van der Waals surface area contributed by atoms with E-state index in [2.05, 4.69) is 31.4 Å². The molecule has 1 saturated carbocycles. The minimum absolute atomic E-state index is 0.0698. The molecule has 1 aliphatic heterocycles. The molecule has 2 fully saturated rings. The first-order chi connectivity index (χ1) is 20.2. The van der Waals surface area contributed by atoms with Crippen LogP contribution in [0.4, 0.5) is 0 Å². The highest BCUT2D eigenvalue weighted by molar-refractivity contribution is 8.00. The van der Waals surface area contributed by atoms with Gasteiger partial charge in [-0.15, -0.1) is 11.8 Å². The molecule has 1 heterocycles. The van der Waals surface area contributed by atoms with Gasteiger partial charge in [-0.3, -0.25) is 14.4 Å². The van der Waals surface area contributed by atoms with Crippen molar-refractivity contribution in [2.24, 2.45) is 11.3 Å². The lowest BCUT2D eigenvalue weighted by atomic mass is 9.71. The van der Waals surface area contributed by atoms with Crippen LogP contribution in [-0.2, 0) is 16.0 Å². The summed E-state index contributed by atoms with van der Waals surface area (Å²) in [7, 11) is 0. The van der Waals surface area contributed by atoms with Crippen LogP contribution in [0.1, 0.15) is 81.8 Å². The minimum Gasteiger partial charge on any atom is -0.381 e.